The monoisotopic (exact) mass is 221 g/mol. The molecule has 1 atom stereocenters. The molecule has 0 radical (unpaired) electrons. The van der Waals surface area contributed by atoms with Gasteiger partial charge in [-0.05, 0) is 25.3 Å². The van der Waals surface area contributed by atoms with Crippen LogP contribution in [0.4, 0.5) is 0 Å². The molecule has 0 aliphatic heterocycles. The first-order chi connectivity index (χ1) is 7.83. The molecule has 0 spiro atoms. The van der Waals surface area contributed by atoms with Crippen molar-refractivity contribution in [3.63, 3.8) is 0 Å². The summed E-state index contributed by atoms with van der Waals surface area (Å²) in [6, 6.07) is 2.31. The number of ether oxygens (including phenoxy) is 1. The molecular weight excluding hydrogens is 202 g/mol. The van der Waals surface area contributed by atoms with Crippen LogP contribution in [0.2, 0.25) is 0 Å². The fraction of sp³-hybridized carbons (Fsp3) is 0.667. The highest BCUT2D eigenvalue weighted by Gasteiger charge is 2.31. The lowest BCUT2D eigenvalue weighted by molar-refractivity contribution is 0.391. The Labute approximate surface area is 96.4 Å². The number of hydrogen-bond acceptors (Lipinski definition) is 4. The Balaban J connectivity index is 1.99. The summed E-state index contributed by atoms with van der Waals surface area (Å²) in [6.45, 7) is 3.15. The van der Waals surface area contributed by atoms with Gasteiger partial charge in [-0.3, -0.25) is 0 Å². The molecule has 4 heteroatoms. The molecule has 0 saturated heterocycles. The average Bonchev–Trinajstić information content (AvgIpc) is 3.13. The van der Waals surface area contributed by atoms with E-state index >= 15 is 0 Å². The maximum Gasteiger partial charge on any atom is 0.216 e. The second kappa shape index (κ2) is 5.25. The lowest BCUT2D eigenvalue weighted by Crippen LogP contribution is -2.33. The first-order valence-corrected chi connectivity index (χ1v) is 5.92. The Morgan fingerprint density at radius 3 is 3.00 bits per heavy atom. The Bertz CT molecular complexity index is 339. The Morgan fingerprint density at radius 2 is 2.38 bits per heavy atom. The second-order valence-electron chi connectivity index (χ2n) is 4.22. The molecule has 1 aliphatic rings. The van der Waals surface area contributed by atoms with Crippen molar-refractivity contribution in [2.24, 2.45) is 5.92 Å². The van der Waals surface area contributed by atoms with Gasteiger partial charge in [-0.2, -0.15) is 4.98 Å². The van der Waals surface area contributed by atoms with Crippen LogP contribution in [-0.2, 0) is 6.42 Å². The Morgan fingerprint density at radius 1 is 1.56 bits per heavy atom. The highest BCUT2D eigenvalue weighted by molar-refractivity contribution is 5.09. The zero-order valence-electron chi connectivity index (χ0n) is 9.94. The van der Waals surface area contributed by atoms with Crippen molar-refractivity contribution >= 4 is 0 Å². The van der Waals surface area contributed by atoms with Crippen LogP contribution in [0.15, 0.2) is 12.3 Å². The van der Waals surface area contributed by atoms with Crippen LogP contribution in [0.1, 0.15) is 25.6 Å². The molecule has 1 aromatic rings. The maximum absolute atomic E-state index is 5.10. The largest absolute Gasteiger partial charge is 0.481 e. The fourth-order valence-electron chi connectivity index (χ4n) is 1.96. The zero-order valence-corrected chi connectivity index (χ0v) is 9.94. The van der Waals surface area contributed by atoms with E-state index in [1.165, 1.54) is 12.8 Å². The van der Waals surface area contributed by atoms with Crippen molar-refractivity contribution in [3.05, 3.63) is 18.1 Å². The SMILES string of the molecule is CCNC(Cc1nccc(OC)n1)C1CC1. The van der Waals surface area contributed by atoms with Gasteiger partial charge in [-0.25, -0.2) is 4.98 Å². The number of hydrogen-bond donors (Lipinski definition) is 1. The summed E-state index contributed by atoms with van der Waals surface area (Å²) in [6.07, 6.45) is 5.33. The molecule has 0 aromatic carbocycles. The number of aromatic nitrogens is 2. The van der Waals surface area contributed by atoms with Gasteiger partial charge in [0.25, 0.3) is 0 Å². The van der Waals surface area contributed by atoms with E-state index in [0.29, 0.717) is 11.9 Å². The van der Waals surface area contributed by atoms with E-state index < -0.39 is 0 Å². The average molecular weight is 221 g/mol. The number of nitrogens with zero attached hydrogens (tertiary/aromatic N) is 2. The normalized spacial score (nSPS) is 17.1. The maximum atomic E-state index is 5.10. The van der Waals surface area contributed by atoms with Gasteiger partial charge in [0.05, 0.1) is 7.11 Å². The topological polar surface area (TPSA) is 47.0 Å². The van der Waals surface area contributed by atoms with E-state index in [0.717, 1.165) is 24.7 Å². The highest BCUT2D eigenvalue weighted by atomic mass is 16.5. The van der Waals surface area contributed by atoms with Crippen LogP contribution < -0.4 is 10.1 Å². The summed E-state index contributed by atoms with van der Waals surface area (Å²) in [4.78, 5) is 8.64. The summed E-state index contributed by atoms with van der Waals surface area (Å²) < 4.78 is 5.10. The number of rotatable bonds is 6. The minimum absolute atomic E-state index is 0.525. The number of nitrogens with one attached hydrogen (secondary N) is 1. The van der Waals surface area contributed by atoms with Crippen LogP contribution in [0.3, 0.4) is 0 Å². The number of methoxy groups -OCH3 is 1. The van der Waals surface area contributed by atoms with Crippen molar-refractivity contribution in [1.82, 2.24) is 15.3 Å². The summed E-state index contributed by atoms with van der Waals surface area (Å²) in [5.74, 6) is 2.34. The molecule has 0 amide bonds. The van der Waals surface area contributed by atoms with Gasteiger partial charge in [0.2, 0.25) is 5.88 Å². The molecular formula is C12H19N3O. The van der Waals surface area contributed by atoms with Crippen molar-refractivity contribution < 1.29 is 4.74 Å². The predicted molar refractivity (Wildman–Crippen MR) is 62.5 cm³/mol. The van der Waals surface area contributed by atoms with Crippen molar-refractivity contribution in [2.75, 3.05) is 13.7 Å². The minimum Gasteiger partial charge on any atom is -0.481 e. The predicted octanol–water partition coefficient (Wildman–Crippen LogP) is 1.42. The van der Waals surface area contributed by atoms with Crippen molar-refractivity contribution in [2.45, 2.75) is 32.2 Å². The molecule has 1 heterocycles. The van der Waals surface area contributed by atoms with Crippen LogP contribution in [0.25, 0.3) is 0 Å². The van der Waals surface area contributed by atoms with Crippen LogP contribution >= 0.6 is 0 Å². The molecule has 88 valence electrons. The van der Waals surface area contributed by atoms with E-state index in [2.05, 4.69) is 22.2 Å². The third-order valence-corrected chi connectivity index (χ3v) is 2.95. The quantitative estimate of drug-likeness (QED) is 0.789. The Kier molecular flexibility index (Phi) is 3.72. The second-order valence-corrected chi connectivity index (χ2v) is 4.22. The van der Waals surface area contributed by atoms with Gasteiger partial charge in [0.1, 0.15) is 5.82 Å². The Hall–Kier alpha value is -1.16. The van der Waals surface area contributed by atoms with Crippen molar-refractivity contribution in [1.29, 1.82) is 0 Å². The summed E-state index contributed by atoms with van der Waals surface area (Å²) >= 11 is 0. The van der Waals surface area contributed by atoms with Crippen LogP contribution in [0, 0.1) is 5.92 Å². The fourth-order valence-corrected chi connectivity index (χ4v) is 1.96. The highest BCUT2D eigenvalue weighted by Crippen LogP contribution is 2.33. The minimum atomic E-state index is 0.525. The summed E-state index contributed by atoms with van der Waals surface area (Å²) in [5.41, 5.74) is 0. The molecule has 1 aromatic heterocycles. The molecule has 1 N–H and O–H groups in total. The molecule has 1 fully saturated rings. The first-order valence-electron chi connectivity index (χ1n) is 5.92. The van der Waals surface area contributed by atoms with Crippen LogP contribution in [-0.4, -0.2) is 29.7 Å². The third-order valence-electron chi connectivity index (χ3n) is 2.95. The van der Waals surface area contributed by atoms with Crippen molar-refractivity contribution in [3.8, 4) is 5.88 Å². The van der Waals surface area contributed by atoms with Gasteiger partial charge < -0.3 is 10.1 Å². The summed E-state index contributed by atoms with van der Waals surface area (Å²) in [5, 5.41) is 3.51. The standard InChI is InChI=1S/C12H19N3O/c1-3-13-10(9-4-5-9)8-11-14-7-6-12(15-11)16-2/h6-7,9-10,13H,3-5,8H2,1-2H3. The van der Waals surface area contributed by atoms with E-state index in [1.54, 1.807) is 19.4 Å². The van der Waals surface area contributed by atoms with E-state index in [-0.39, 0.29) is 0 Å². The third kappa shape index (κ3) is 2.92. The first kappa shape index (κ1) is 11.3. The van der Waals surface area contributed by atoms with Gasteiger partial charge in [-0.15, -0.1) is 0 Å². The lowest BCUT2D eigenvalue weighted by Gasteiger charge is -2.16. The molecule has 1 unspecified atom stereocenters. The molecule has 1 saturated carbocycles. The van der Waals surface area contributed by atoms with Gasteiger partial charge in [0, 0.05) is 24.7 Å². The number of likely N-dealkylation sites (N-methyl/N-ethyl adjacent to an activating group) is 1. The van der Waals surface area contributed by atoms with Gasteiger partial charge in [-0.1, -0.05) is 6.92 Å². The van der Waals surface area contributed by atoms with Gasteiger partial charge >= 0.3 is 0 Å². The van der Waals surface area contributed by atoms with E-state index in [9.17, 15) is 0 Å². The molecule has 1 aliphatic carbocycles. The van der Waals surface area contributed by atoms with Gasteiger partial charge in [0.15, 0.2) is 0 Å². The molecule has 4 nitrogen and oxygen atoms in total. The smallest absolute Gasteiger partial charge is 0.216 e. The molecule has 0 bridgehead atoms. The van der Waals surface area contributed by atoms with E-state index in [1.807, 2.05) is 0 Å². The molecule has 2 rings (SSSR count). The molecule has 16 heavy (non-hydrogen) atoms. The van der Waals surface area contributed by atoms with Crippen LogP contribution in [0.5, 0.6) is 5.88 Å². The zero-order chi connectivity index (χ0) is 11.4. The van der Waals surface area contributed by atoms with E-state index in [4.69, 9.17) is 4.74 Å². The summed E-state index contributed by atoms with van der Waals surface area (Å²) in [7, 11) is 1.63. The lowest BCUT2D eigenvalue weighted by atomic mass is 10.1.